The Morgan fingerprint density at radius 2 is 2.05 bits per heavy atom. The van der Waals surface area contributed by atoms with Gasteiger partial charge in [0, 0.05) is 26.2 Å². The molecule has 0 aromatic rings. The Balaban J connectivity index is 1.98. The van der Waals surface area contributed by atoms with Gasteiger partial charge in [-0.25, -0.2) is 9.69 Å². The van der Waals surface area contributed by atoms with Gasteiger partial charge in [0.1, 0.15) is 12.1 Å². The molecule has 1 spiro atoms. The molecule has 2 heterocycles. The van der Waals surface area contributed by atoms with Crippen molar-refractivity contribution in [3.8, 4) is 6.07 Å². The molecule has 19 heavy (non-hydrogen) atoms. The summed E-state index contributed by atoms with van der Waals surface area (Å²) in [6, 6.07) is 1.37. The number of nitriles is 1. The minimum atomic E-state index is -0.816. The maximum Gasteiger partial charge on any atom is 0.325 e. The molecule has 0 aromatic carbocycles. The van der Waals surface area contributed by atoms with Crippen LogP contribution < -0.4 is 5.32 Å². The van der Waals surface area contributed by atoms with Gasteiger partial charge in [-0.15, -0.1) is 0 Å². The number of carbonyl (C=O) groups excluding carboxylic acids is 2. The summed E-state index contributed by atoms with van der Waals surface area (Å²) in [7, 11) is 0. The first-order valence-corrected chi connectivity index (χ1v) is 6.47. The highest BCUT2D eigenvalue weighted by molar-refractivity contribution is 6.07. The van der Waals surface area contributed by atoms with Gasteiger partial charge in [-0.3, -0.25) is 4.79 Å². The number of imide groups is 1. The van der Waals surface area contributed by atoms with Gasteiger partial charge in [0.2, 0.25) is 0 Å². The lowest BCUT2D eigenvalue weighted by Gasteiger charge is -2.37. The monoisotopic (exact) mass is 266 g/mol. The number of hydrogen-bond donors (Lipinski definition) is 2. The minimum Gasteiger partial charge on any atom is -0.396 e. The van der Waals surface area contributed by atoms with Crippen LogP contribution >= 0.6 is 0 Å². The maximum absolute atomic E-state index is 12.2. The number of aliphatic hydroxyl groups excluding tert-OH is 1. The van der Waals surface area contributed by atoms with Crippen molar-refractivity contribution in [1.82, 2.24) is 15.1 Å². The lowest BCUT2D eigenvalue weighted by Crippen LogP contribution is -2.55. The highest BCUT2D eigenvalue weighted by Gasteiger charge is 2.52. The first-order chi connectivity index (χ1) is 9.13. The Kier molecular flexibility index (Phi) is 4.02. The Morgan fingerprint density at radius 1 is 1.37 bits per heavy atom. The standard InChI is InChI=1S/C12H18N4O3/c13-4-8-16-10(18)12(14-11(16)19)2-6-15(7-3-12)5-1-9-17/h17H,1-3,5-9H2,(H,14,19). The van der Waals surface area contributed by atoms with Crippen LogP contribution in [-0.2, 0) is 4.79 Å². The predicted octanol–water partition coefficient (Wildman–Crippen LogP) is -0.721. The summed E-state index contributed by atoms with van der Waals surface area (Å²) < 4.78 is 0. The van der Waals surface area contributed by atoms with Gasteiger partial charge in [0.25, 0.3) is 5.91 Å². The van der Waals surface area contributed by atoms with E-state index in [4.69, 9.17) is 10.4 Å². The van der Waals surface area contributed by atoms with Gasteiger partial charge in [-0.1, -0.05) is 0 Å². The number of amides is 3. The van der Waals surface area contributed by atoms with Crippen LogP contribution in [-0.4, -0.2) is 65.2 Å². The zero-order valence-corrected chi connectivity index (χ0v) is 10.8. The molecule has 0 saturated carbocycles. The molecule has 2 aliphatic rings. The molecule has 3 amide bonds. The zero-order valence-electron chi connectivity index (χ0n) is 10.8. The fourth-order valence-corrected chi connectivity index (χ4v) is 2.68. The van der Waals surface area contributed by atoms with Crippen LogP contribution in [0.4, 0.5) is 4.79 Å². The van der Waals surface area contributed by atoms with E-state index in [-0.39, 0.29) is 19.1 Å². The van der Waals surface area contributed by atoms with Crippen molar-refractivity contribution in [2.75, 3.05) is 32.8 Å². The summed E-state index contributed by atoms with van der Waals surface area (Å²) >= 11 is 0. The SMILES string of the molecule is N#CCN1C(=O)NC2(CCN(CCCO)CC2)C1=O. The van der Waals surface area contributed by atoms with Gasteiger partial charge in [-0.05, 0) is 19.3 Å². The normalized spacial score (nSPS) is 22.6. The van der Waals surface area contributed by atoms with Crippen LogP contribution in [0, 0.1) is 11.3 Å². The Labute approximate surface area is 111 Å². The molecule has 0 atom stereocenters. The van der Waals surface area contributed by atoms with Crippen molar-refractivity contribution in [3.05, 3.63) is 0 Å². The summed E-state index contributed by atoms with van der Waals surface area (Å²) in [4.78, 5) is 27.1. The molecule has 0 bridgehead atoms. The molecule has 2 N–H and O–H groups in total. The third kappa shape index (κ3) is 2.55. The molecule has 0 radical (unpaired) electrons. The zero-order chi connectivity index (χ0) is 13.9. The van der Waals surface area contributed by atoms with Gasteiger partial charge >= 0.3 is 6.03 Å². The third-order valence-electron chi connectivity index (χ3n) is 3.82. The molecule has 7 nitrogen and oxygen atoms in total. The summed E-state index contributed by atoms with van der Waals surface area (Å²) in [5.41, 5.74) is -0.816. The third-order valence-corrected chi connectivity index (χ3v) is 3.82. The van der Waals surface area contributed by atoms with Crippen LogP contribution in [0.1, 0.15) is 19.3 Å². The molecular weight excluding hydrogens is 248 g/mol. The highest BCUT2D eigenvalue weighted by atomic mass is 16.3. The van der Waals surface area contributed by atoms with E-state index in [1.807, 2.05) is 6.07 Å². The van der Waals surface area contributed by atoms with Crippen molar-refractivity contribution in [1.29, 1.82) is 5.26 Å². The van der Waals surface area contributed by atoms with Crippen LogP contribution in [0.2, 0.25) is 0 Å². The second kappa shape index (κ2) is 5.55. The number of urea groups is 1. The van der Waals surface area contributed by atoms with Crippen molar-refractivity contribution >= 4 is 11.9 Å². The minimum absolute atomic E-state index is 0.160. The maximum atomic E-state index is 12.2. The summed E-state index contributed by atoms with van der Waals surface area (Å²) in [6.45, 7) is 2.20. The molecule has 0 aromatic heterocycles. The smallest absolute Gasteiger partial charge is 0.325 e. The molecule has 2 fully saturated rings. The topological polar surface area (TPSA) is 96.7 Å². The largest absolute Gasteiger partial charge is 0.396 e. The van der Waals surface area contributed by atoms with Crippen molar-refractivity contribution in [2.45, 2.75) is 24.8 Å². The number of nitrogens with one attached hydrogen (secondary N) is 1. The molecule has 2 aliphatic heterocycles. The van der Waals surface area contributed by atoms with Crippen LogP contribution in [0.15, 0.2) is 0 Å². The number of carbonyl (C=O) groups is 2. The lowest BCUT2D eigenvalue weighted by atomic mass is 9.87. The predicted molar refractivity (Wildman–Crippen MR) is 66.0 cm³/mol. The number of likely N-dealkylation sites (tertiary alicyclic amines) is 1. The first-order valence-electron chi connectivity index (χ1n) is 6.47. The Morgan fingerprint density at radius 3 is 2.63 bits per heavy atom. The van der Waals surface area contributed by atoms with Crippen LogP contribution in [0.5, 0.6) is 0 Å². The molecule has 7 heteroatoms. The Bertz CT molecular complexity index is 410. The number of nitrogens with zero attached hydrogens (tertiary/aromatic N) is 3. The number of aliphatic hydroxyl groups is 1. The van der Waals surface area contributed by atoms with Crippen molar-refractivity contribution in [3.63, 3.8) is 0 Å². The van der Waals surface area contributed by atoms with E-state index >= 15 is 0 Å². The molecule has 104 valence electrons. The first kappa shape index (κ1) is 13.8. The van der Waals surface area contributed by atoms with Crippen molar-refractivity contribution in [2.24, 2.45) is 0 Å². The van der Waals surface area contributed by atoms with Crippen LogP contribution in [0.3, 0.4) is 0 Å². The summed E-state index contributed by atoms with van der Waals surface area (Å²) in [6.07, 6.45) is 1.84. The molecule has 2 rings (SSSR count). The number of piperidine rings is 1. The van der Waals surface area contributed by atoms with E-state index in [9.17, 15) is 9.59 Å². The van der Waals surface area contributed by atoms with Gasteiger partial charge < -0.3 is 15.3 Å². The van der Waals surface area contributed by atoms with Gasteiger partial charge in [0.15, 0.2) is 0 Å². The lowest BCUT2D eigenvalue weighted by molar-refractivity contribution is -0.132. The van der Waals surface area contributed by atoms with E-state index in [1.54, 1.807) is 0 Å². The molecule has 0 aliphatic carbocycles. The van der Waals surface area contributed by atoms with E-state index in [1.165, 1.54) is 0 Å². The van der Waals surface area contributed by atoms with E-state index in [2.05, 4.69) is 10.2 Å². The van der Waals surface area contributed by atoms with Crippen molar-refractivity contribution < 1.29 is 14.7 Å². The van der Waals surface area contributed by atoms with Crippen LogP contribution in [0.25, 0.3) is 0 Å². The number of rotatable bonds is 4. The molecular formula is C12H18N4O3. The average Bonchev–Trinajstić information content (AvgIpc) is 2.63. The molecule has 0 unspecified atom stereocenters. The average molecular weight is 266 g/mol. The van der Waals surface area contributed by atoms with E-state index < -0.39 is 11.6 Å². The second-order valence-corrected chi connectivity index (χ2v) is 4.98. The quantitative estimate of drug-likeness (QED) is 0.517. The second-order valence-electron chi connectivity index (χ2n) is 4.98. The fourth-order valence-electron chi connectivity index (χ4n) is 2.68. The number of hydrogen-bond acceptors (Lipinski definition) is 5. The van der Waals surface area contributed by atoms with E-state index in [0.717, 1.165) is 11.4 Å². The molecule has 2 saturated heterocycles. The van der Waals surface area contributed by atoms with E-state index in [0.29, 0.717) is 32.4 Å². The fraction of sp³-hybridized carbons (Fsp3) is 0.750. The summed E-state index contributed by atoms with van der Waals surface area (Å²) in [5.74, 6) is -0.277. The van der Waals surface area contributed by atoms with Gasteiger partial charge in [0.05, 0.1) is 6.07 Å². The Hall–Kier alpha value is -1.65. The highest BCUT2D eigenvalue weighted by Crippen LogP contribution is 2.29. The van der Waals surface area contributed by atoms with Gasteiger partial charge in [-0.2, -0.15) is 5.26 Å². The summed E-state index contributed by atoms with van der Waals surface area (Å²) in [5, 5.41) is 20.2.